The van der Waals surface area contributed by atoms with E-state index in [0.717, 1.165) is 25.7 Å². The van der Waals surface area contributed by atoms with Gasteiger partial charge in [0.2, 0.25) is 5.91 Å². The Bertz CT molecular complexity index is 226. The van der Waals surface area contributed by atoms with E-state index in [4.69, 9.17) is 10.5 Å². The van der Waals surface area contributed by atoms with E-state index < -0.39 is 0 Å². The molecule has 0 saturated heterocycles. The molecule has 1 unspecified atom stereocenters. The van der Waals surface area contributed by atoms with Crippen LogP contribution in [0.15, 0.2) is 0 Å². The number of nitrogens with two attached hydrogens (primary N) is 1. The van der Waals surface area contributed by atoms with Gasteiger partial charge in [0.05, 0.1) is 6.10 Å². The van der Waals surface area contributed by atoms with Crippen LogP contribution in [-0.4, -0.2) is 31.2 Å². The lowest BCUT2D eigenvalue weighted by Gasteiger charge is -2.20. The van der Waals surface area contributed by atoms with E-state index in [9.17, 15) is 4.79 Å². The number of nitrogens with one attached hydrogen (secondary N) is 1. The van der Waals surface area contributed by atoms with E-state index in [1.165, 1.54) is 25.7 Å². The van der Waals surface area contributed by atoms with Crippen LogP contribution in [0.5, 0.6) is 0 Å². The molecule has 1 aliphatic carbocycles. The van der Waals surface area contributed by atoms with Gasteiger partial charge in [-0.05, 0) is 39.2 Å². The highest BCUT2D eigenvalue weighted by Gasteiger charge is 2.19. The Morgan fingerprint density at radius 2 is 1.94 bits per heavy atom. The summed E-state index contributed by atoms with van der Waals surface area (Å²) >= 11 is 0. The zero-order chi connectivity index (χ0) is 13.2. The summed E-state index contributed by atoms with van der Waals surface area (Å²) in [5.74, 6) is 0.0104. The van der Waals surface area contributed by atoms with E-state index in [1.807, 2.05) is 6.92 Å². The summed E-state index contributed by atoms with van der Waals surface area (Å²) in [6.07, 6.45) is 9.12. The SMILES string of the molecule is CC(OC1CCCCCC1)C(=O)NCCCCN. The minimum Gasteiger partial charge on any atom is -0.365 e. The Balaban J connectivity index is 2.17. The van der Waals surface area contributed by atoms with Crippen LogP contribution >= 0.6 is 0 Å². The Hall–Kier alpha value is -0.610. The van der Waals surface area contributed by atoms with Gasteiger partial charge in [-0.1, -0.05) is 25.7 Å². The molecule has 0 aromatic rings. The number of carbonyl (C=O) groups is 1. The van der Waals surface area contributed by atoms with Crippen LogP contribution in [0.1, 0.15) is 58.3 Å². The van der Waals surface area contributed by atoms with E-state index >= 15 is 0 Å². The van der Waals surface area contributed by atoms with Crippen LogP contribution in [0, 0.1) is 0 Å². The highest BCUT2D eigenvalue weighted by atomic mass is 16.5. The first-order valence-corrected chi connectivity index (χ1v) is 7.37. The molecule has 1 aliphatic rings. The molecule has 0 radical (unpaired) electrons. The van der Waals surface area contributed by atoms with Gasteiger partial charge in [0.1, 0.15) is 6.10 Å². The molecule has 1 saturated carbocycles. The van der Waals surface area contributed by atoms with Gasteiger partial charge in [0.15, 0.2) is 0 Å². The second-order valence-corrected chi connectivity index (χ2v) is 5.18. The number of amides is 1. The average Bonchev–Trinajstić information content (AvgIpc) is 2.63. The molecule has 1 rings (SSSR count). The lowest BCUT2D eigenvalue weighted by molar-refractivity contribution is -0.135. The van der Waals surface area contributed by atoms with Crippen LogP contribution in [0.4, 0.5) is 0 Å². The Labute approximate surface area is 111 Å². The molecular formula is C14H28N2O2. The molecule has 3 N–H and O–H groups in total. The third-order valence-electron chi connectivity index (χ3n) is 3.50. The summed E-state index contributed by atoms with van der Waals surface area (Å²) in [6.45, 7) is 3.24. The number of unbranched alkanes of at least 4 members (excludes halogenated alkanes) is 1. The van der Waals surface area contributed by atoms with Crippen molar-refractivity contribution in [2.75, 3.05) is 13.1 Å². The Morgan fingerprint density at radius 1 is 1.28 bits per heavy atom. The zero-order valence-corrected chi connectivity index (χ0v) is 11.6. The van der Waals surface area contributed by atoms with Crippen molar-refractivity contribution in [3.63, 3.8) is 0 Å². The van der Waals surface area contributed by atoms with Gasteiger partial charge in [-0.25, -0.2) is 0 Å². The van der Waals surface area contributed by atoms with Crippen molar-refractivity contribution < 1.29 is 9.53 Å². The fraction of sp³-hybridized carbons (Fsp3) is 0.929. The van der Waals surface area contributed by atoms with Gasteiger partial charge in [-0.15, -0.1) is 0 Å². The maximum atomic E-state index is 11.8. The van der Waals surface area contributed by atoms with Crippen molar-refractivity contribution in [3.05, 3.63) is 0 Å². The minimum absolute atomic E-state index is 0.0104. The molecule has 18 heavy (non-hydrogen) atoms. The molecule has 0 spiro atoms. The van der Waals surface area contributed by atoms with Crippen LogP contribution < -0.4 is 11.1 Å². The Morgan fingerprint density at radius 3 is 2.56 bits per heavy atom. The highest BCUT2D eigenvalue weighted by molar-refractivity contribution is 5.80. The fourth-order valence-corrected chi connectivity index (χ4v) is 2.35. The van der Waals surface area contributed by atoms with Crippen molar-refractivity contribution in [2.24, 2.45) is 5.73 Å². The average molecular weight is 256 g/mol. The number of rotatable bonds is 7. The lowest BCUT2D eigenvalue weighted by Crippen LogP contribution is -2.37. The van der Waals surface area contributed by atoms with Gasteiger partial charge < -0.3 is 15.8 Å². The van der Waals surface area contributed by atoms with Crippen molar-refractivity contribution in [2.45, 2.75) is 70.5 Å². The maximum Gasteiger partial charge on any atom is 0.248 e. The van der Waals surface area contributed by atoms with Gasteiger partial charge in [0, 0.05) is 6.54 Å². The number of hydrogen-bond acceptors (Lipinski definition) is 3. The molecule has 106 valence electrons. The van der Waals surface area contributed by atoms with Gasteiger partial charge in [0.25, 0.3) is 0 Å². The molecule has 4 nitrogen and oxygen atoms in total. The predicted octanol–water partition coefficient (Wildman–Crippen LogP) is 1.97. The van der Waals surface area contributed by atoms with Crippen LogP contribution in [0.2, 0.25) is 0 Å². The third kappa shape index (κ3) is 6.36. The standard InChI is InChI=1S/C14H28N2O2/c1-12(14(17)16-11-7-6-10-15)18-13-8-4-2-3-5-9-13/h12-13H,2-11,15H2,1H3,(H,16,17). The first-order valence-electron chi connectivity index (χ1n) is 7.37. The summed E-state index contributed by atoms with van der Waals surface area (Å²) < 4.78 is 5.85. The summed E-state index contributed by atoms with van der Waals surface area (Å²) in [5, 5.41) is 2.90. The molecule has 1 amide bonds. The normalized spacial score (nSPS) is 19.2. The fourth-order valence-electron chi connectivity index (χ4n) is 2.35. The van der Waals surface area contributed by atoms with Crippen molar-refractivity contribution >= 4 is 5.91 Å². The van der Waals surface area contributed by atoms with Gasteiger partial charge >= 0.3 is 0 Å². The quantitative estimate of drug-likeness (QED) is 0.540. The monoisotopic (exact) mass is 256 g/mol. The lowest BCUT2D eigenvalue weighted by atomic mass is 10.1. The maximum absolute atomic E-state index is 11.8. The van der Waals surface area contributed by atoms with E-state index in [0.29, 0.717) is 13.1 Å². The summed E-state index contributed by atoms with van der Waals surface area (Å²) in [5.41, 5.74) is 5.41. The van der Waals surface area contributed by atoms with Crippen molar-refractivity contribution in [3.8, 4) is 0 Å². The first-order chi connectivity index (χ1) is 8.74. The molecule has 0 aliphatic heterocycles. The first kappa shape index (κ1) is 15.4. The summed E-state index contributed by atoms with van der Waals surface area (Å²) in [6, 6.07) is 0. The van der Waals surface area contributed by atoms with Gasteiger partial charge in [-0.3, -0.25) is 4.79 Å². The molecule has 4 heteroatoms. The minimum atomic E-state index is -0.328. The van der Waals surface area contributed by atoms with E-state index in [1.54, 1.807) is 0 Å². The summed E-state index contributed by atoms with van der Waals surface area (Å²) in [4.78, 5) is 11.8. The summed E-state index contributed by atoms with van der Waals surface area (Å²) in [7, 11) is 0. The third-order valence-corrected chi connectivity index (χ3v) is 3.50. The predicted molar refractivity (Wildman–Crippen MR) is 73.3 cm³/mol. The number of carbonyl (C=O) groups excluding carboxylic acids is 1. The van der Waals surface area contributed by atoms with Crippen LogP contribution in [0.3, 0.4) is 0 Å². The second kappa shape index (κ2) is 9.34. The highest BCUT2D eigenvalue weighted by Crippen LogP contribution is 2.20. The van der Waals surface area contributed by atoms with E-state index in [-0.39, 0.29) is 18.1 Å². The van der Waals surface area contributed by atoms with Crippen LogP contribution in [0.25, 0.3) is 0 Å². The largest absolute Gasteiger partial charge is 0.365 e. The molecule has 0 aromatic carbocycles. The van der Waals surface area contributed by atoms with Gasteiger partial charge in [-0.2, -0.15) is 0 Å². The number of ether oxygens (including phenoxy) is 1. The molecule has 1 atom stereocenters. The van der Waals surface area contributed by atoms with Crippen molar-refractivity contribution in [1.82, 2.24) is 5.32 Å². The number of hydrogen-bond donors (Lipinski definition) is 2. The zero-order valence-electron chi connectivity index (χ0n) is 11.6. The molecule has 1 fully saturated rings. The Kier molecular flexibility index (Phi) is 8.01. The van der Waals surface area contributed by atoms with E-state index in [2.05, 4.69) is 5.32 Å². The molecule has 0 aromatic heterocycles. The van der Waals surface area contributed by atoms with Crippen molar-refractivity contribution in [1.29, 1.82) is 0 Å². The van der Waals surface area contributed by atoms with Crippen LogP contribution in [-0.2, 0) is 9.53 Å². The topological polar surface area (TPSA) is 64.3 Å². The molecule has 0 bridgehead atoms. The second-order valence-electron chi connectivity index (χ2n) is 5.18. The molecule has 0 heterocycles. The molecular weight excluding hydrogens is 228 g/mol. The smallest absolute Gasteiger partial charge is 0.248 e.